The van der Waals surface area contributed by atoms with E-state index in [-0.39, 0.29) is 11.2 Å². The van der Waals surface area contributed by atoms with E-state index in [4.69, 9.17) is 0 Å². The van der Waals surface area contributed by atoms with E-state index in [1.165, 1.54) is 12.1 Å². The Balaban J connectivity index is 1.80. The number of rotatable bonds is 3. The smallest absolute Gasteiger partial charge is 0.123 e. The first-order valence-corrected chi connectivity index (χ1v) is 7.51. The average molecular weight is 298 g/mol. The number of nitrogens with one attached hydrogen (secondary N) is 1. The fraction of sp³-hybridized carbons (Fsp3) is 0.412. The summed E-state index contributed by atoms with van der Waals surface area (Å²) in [6.45, 7) is 4.48. The van der Waals surface area contributed by atoms with E-state index in [0.29, 0.717) is 0 Å². The van der Waals surface area contributed by atoms with Crippen molar-refractivity contribution in [3.8, 4) is 17.3 Å². The largest absolute Gasteiger partial charge is 0.297 e. The van der Waals surface area contributed by atoms with Gasteiger partial charge < -0.3 is 0 Å². The lowest BCUT2D eigenvalue weighted by molar-refractivity contribution is 0.137. The minimum atomic E-state index is -0.277. The molecule has 0 radical (unpaired) electrons. The number of aromatic nitrogens is 2. The Hall–Kier alpha value is -2.19. The summed E-state index contributed by atoms with van der Waals surface area (Å²) >= 11 is 0. The molecule has 1 atom stereocenters. The SMILES string of the molecule is C[C@]1(C#N)CCCN(Cc2cn[nH]c2-c2cccc(F)c2)C1. The Bertz CT molecular complexity index is 703. The third-order valence-corrected chi connectivity index (χ3v) is 4.27. The predicted molar refractivity (Wildman–Crippen MR) is 82.2 cm³/mol. The minimum absolute atomic E-state index is 0.256. The maximum atomic E-state index is 13.4. The number of aromatic amines is 1. The summed E-state index contributed by atoms with van der Waals surface area (Å²) < 4.78 is 13.4. The molecule has 1 aliphatic rings. The highest BCUT2D eigenvalue weighted by Gasteiger charge is 2.31. The first kappa shape index (κ1) is 14.7. The van der Waals surface area contributed by atoms with Gasteiger partial charge in [-0.05, 0) is 38.4 Å². The molecule has 1 aliphatic heterocycles. The van der Waals surface area contributed by atoms with Crippen molar-refractivity contribution in [3.63, 3.8) is 0 Å². The molecule has 1 saturated heterocycles. The highest BCUT2D eigenvalue weighted by atomic mass is 19.1. The van der Waals surface area contributed by atoms with Crippen LogP contribution in [0.4, 0.5) is 4.39 Å². The van der Waals surface area contributed by atoms with Crippen molar-refractivity contribution in [2.75, 3.05) is 13.1 Å². The van der Waals surface area contributed by atoms with Crippen LogP contribution in [0.3, 0.4) is 0 Å². The minimum Gasteiger partial charge on any atom is -0.297 e. The molecule has 1 N–H and O–H groups in total. The van der Waals surface area contributed by atoms with Crippen molar-refractivity contribution in [1.82, 2.24) is 15.1 Å². The summed E-state index contributed by atoms with van der Waals surface area (Å²) in [4.78, 5) is 2.28. The number of nitriles is 1. The molecular formula is C17H19FN4. The van der Waals surface area contributed by atoms with Gasteiger partial charge in [-0.25, -0.2) is 4.39 Å². The zero-order chi connectivity index (χ0) is 15.6. The molecule has 0 saturated carbocycles. The van der Waals surface area contributed by atoms with Crippen molar-refractivity contribution in [2.45, 2.75) is 26.3 Å². The van der Waals surface area contributed by atoms with E-state index in [1.807, 2.05) is 13.0 Å². The van der Waals surface area contributed by atoms with E-state index in [1.54, 1.807) is 12.3 Å². The molecule has 1 fully saturated rings. The highest BCUT2D eigenvalue weighted by Crippen LogP contribution is 2.30. The third-order valence-electron chi connectivity index (χ3n) is 4.27. The second-order valence-corrected chi connectivity index (χ2v) is 6.27. The van der Waals surface area contributed by atoms with Gasteiger partial charge in [0.25, 0.3) is 0 Å². The van der Waals surface area contributed by atoms with Gasteiger partial charge in [-0.1, -0.05) is 12.1 Å². The van der Waals surface area contributed by atoms with Crippen LogP contribution in [0, 0.1) is 22.6 Å². The van der Waals surface area contributed by atoms with Crippen LogP contribution in [-0.2, 0) is 6.54 Å². The van der Waals surface area contributed by atoms with E-state index in [2.05, 4.69) is 21.2 Å². The molecule has 0 amide bonds. The molecule has 0 bridgehead atoms. The Morgan fingerprint density at radius 2 is 2.36 bits per heavy atom. The van der Waals surface area contributed by atoms with Crippen LogP contribution < -0.4 is 0 Å². The van der Waals surface area contributed by atoms with Crippen molar-refractivity contribution in [1.29, 1.82) is 5.26 Å². The molecule has 0 spiro atoms. The van der Waals surface area contributed by atoms with Crippen molar-refractivity contribution in [3.05, 3.63) is 41.8 Å². The number of piperidine rings is 1. The fourth-order valence-electron chi connectivity index (χ4n) is 3.14. The summed E-state index contributed by atoms with van der Waals surface area (Å²) in [7, 11) is 0. The molecule has 3 rings (SSSR count). The van der Waals surface area contributed by atoms with Gasteiger partial charge in [0, 0.05) is 24.2 Å². The number of hydrogen-bond acceptors (Lipinski definition) is 3. The molecule has 0 aliphatic carbocycles. The number of hydrogen-bond donors (Lipinski definition) is 1. The van der Waals surface area contributed by atoms with Gasteiger partial charge in [0.05, 0.1) is 23.4 Å². The molecule has 1 aromatic carbocycles. The lowest BCUT2D eigenvalue weighted by atomic mass is 9.83. The quantitative estimate of drug-likeness (QED) is 0.945. The van der Waals surface area contributed by atoms with Crippen LogP contribution in [0.25, 0.3) is 11.3 Å². The third kappa shape index (κ3) is 3.02. The predicted octanol–water partition coefficient (Wildman–Crippen LogP) is 3.34. The second-order valence-electron chi connectivity index (χ2n) is 6.27. The molecule has 0 unspecified atom stereocenters. The Labute approximate surface area is 129 Å². The molecule has 1 aromatic heterocycles. The zero-order valence-corrected chi connectivity index (χ0v) is 12.6. The molecule has 114 valence electrons. The summed E-state index contributed by atoms with van der Waals surface area (Å²) in [5.74, 6) is -0.256. The van der Waals surface area contributed by atoms with Crippen LogP contribution in [0.15, 0.2) is 30.5 Å². The summed E-state index contributed by atoms with van der Waals surface area (Å²) in [5.41, 5.74) is 2.41. The molecular weight excluding hydrogens is 279 g/mol. The van der Waals surface area contributed by atoms with Crippen LogP contribution in [0.5, 0.6) is 0 Å². The number of likely N-dealkylation sites (tertiary alicyclic amines) is 1. The van der Waals surface area contributed by atoms with Gasteiger partial charge in [0.1, 0.15) is 5.82 Å². The number of H-pyrrole nitrogens is 1. The average Bonchev–Trinajstić information content (AvgIpc) is 2.95. The fourth-order valence-corrected chi connectivity index (χ4v) is 3.14. The lowest BCUT2D eigenvalue weighted by Crippen LogP contribution is -2.40. The molecule has 5 heteroatoms. The van der Waals surface area contributed by atoms with Gasteiger partial charge in [-0.15, -0.1) is 0 Å². The number of halogens is 1. The van der Waals surface area contributed by atoms with Crippen LogP contribution >= 0.6 is 0 Å². The van der Waals surface area contributed by atoms with E-state index < -0.39 is 0 Å². The maximum Gasteiger partial charge on any atom is 0.123 e. The summed E-state index contributed by atoms with van der Waals surface area (Å²) in [6, 6.07) is 8.94. The topological polar surface area (TPSA) is 55.7 Å². The number of nitrogens with zero attached hydrogens (tertiary/aromatic N) is 3. The summed E-state index contributed by atoms with van der Waals surface area (Å²) in [5, 5.41) is 16.4. The van der Waals surface area contributed by atoms with Crippen LogP contribution in [0.1, 0.15) is 25.3 Å². The van der Waals surface area contributed by atoms with Gasteiger partial charge in [0.2, 0.25) is 0 Å². The Morgan fingerprint density at radius 1 is 1.50 bits per heavy atom. The monoisotopic (exact) mass is 298 g/mol. The van der Waals surface area contributed by atoms with Crippen LogP contribution in [-0.4, -0.2) is 28.2 Å². The van der Waals surface area contributed by atoms with Crippen molar-refractivity contribution >= 4 is 0 Å². The van der Waals surface area contributed by atoms with Crippen molar-refractivity contribution < 1.29 is 4.39 Å². The van der Waals surface area contributed by atoms with E-state index in [9.17, 15) is 9.65 Å². The molecule has 22 heavy (non-hydrogen) atoms. The van der Waals surface area contributed by atoms with E-state index >= 15 is 0 Å². The second kappa shape index (κ2) is 5.90. The molecule has 4 nitrogen and oxygen atoms in total. The van der Waals surface area contributed by atoms with Gasteiger partial charge >= 0.3 is 0 Å². The highest BCUT2D eigenvalue weighted by molar-refractivity contribution is 5.62. The van der Waals surface area contributed by atoms with Gasteiger partial charge in [0.15, 0.2) is 0 Å². The summed E-state index contributed by atoms with van der Waals surface area (Å²) in [6.07, 6.45) is 3.76. The van der Waals surface area contributed by atoms with Gasteiger partial charge in [-0.3, -0.25) is 10.00 Å². The number of benzene rings is 1. The normalized spacial score (nSPS) is 22.4. The maximum absolute atomic E-state index is 13.4. The standard InChI is InChI=1S/C17H19FN4/c1-17(11-19)6-3-7-22(12-17)10-14-9-20-21-16(14)13-4-2-5-15(18)8-13/h2,4-5,8-9H,3,6-7,10,12H2,1H3,(H,20,21)/t17-/m1/s1. The zero-order valence-electron chi connectivity index (χ0n) is 12.6. The Kier molecular flexibility index (Phi) is 3.95. The first-order chi connectivity index (χ1) is 10.6. The first-order valence-electron chi connectivity index (χ1n) is 7.51. The Morgan fingerprint density at radius 3 is 3.14 bits per heavy atom. The lowest BCUT2D eigenvalue weighted by Gasteiger charge is -2.35. The van der Waals surface area contributed by atoms with Gasteiger partial charge in [-0.2, -0.15) is 10.4 Å². The molecule has 2 aromatic rings. The van der Waals surface area contributed by atoms with Crippen LogP contribution in [0.2, 0.25) is 0 Å². The van der Waals surface area contributed by atoms with Crippen molar-refractivity contribution in [2.24, 2.45) is 5.41 Å². The van der Waals surface area contributed by atoms with E-state index in [0.717, 1.165) is 49.3 Å². The molecule has 2 heterocycles.